The van der Waals surface area contributed by atoms with Crippen molar-refractivity contribution in [1.82, 2.24) is 19.5 Å². The second-order valence-corrected chi connectivity index (χ2v) is 7.13. The molecular formula is C20H14F4N4S. The molecule has 0 aliphatic rings. The summed E-state index contributed by atoms with van der Waals surface area (Å²) in [5.41, 5.74) is 1.03. The first-order valence-electron chi connectivity index (χ1n) is 8.51. The number of fused-ring (bicyclic) bond motifs is 1. The van der Waals surface area contributed by atoms with E-state index in [9.17, 15) is 17.6 Å². The Morgan fingerprint density at radius 1 is 1.00 bits per heavy atom. The second kappa shape index (κ2) is 7.14. The standard InChI is InChI=1S/C20H14F4N4S/c1-11-3-6-15-16(9-11)28(17-7-8-25-19(27-17)29-2)18(26-15)12-4-5-14(21)13(10-12)20(22,23)24/h3-10H,1-2H3. The van der Waals surface area contributed by atoms with Gasteiger partial charge in [0.1, 0.15) is 17.5 Å². The summed E-state index contributed by atoms with van der Waals surface area (Å²) >= 11 is 1.34. The SMILES string of the molecule is CSc1nccc(-n2c(-c3ccc(F)c(C(F)(F)F)c3)nc3ccc(C)cc32)n1. The third kappa shape index (κ3) is 3.57. The smallest absolute Gasteiger partial charge is 0.276 e. The van der Waals surface area contributed by atoms with Crippen molar-refractivity contribution in [3.63, 3.8) is 0 Å². The van der Waals surface area contributed by atoms with Gasteiger partial charge in [0.15, 0.2) is 5.16 Å². The van der Waals surface area contributed by atoms with Crippen LogP contribution in [0.4, 0.5) is 17.6 Å². The Balaban J connectivity index is 2.03. The summed E-state index contributed by atoms with van der Waals surface area (Å²) in [6, 6.07) is 10.0. The number of thioether (sulfide) groups is 1. The van der Waals surface area contributed by atoms with Crippen LogP contribution in [-0.4, -0.2) is 25.8 Å². The number of rotatable bonds is 3. The molecule has 0 bridgehead atoms. The van der Waals surface area contributed by atoms with E-state index in [1.54, 1.807) is 22.9 Å². The number of nitrogens with zero attached hydrogens (tertiary/aromatic N) is 4. The number of hydrogen-bond donors (Lipinski definition) is 0. The topological polar surface area (TPSA) is 43.6 Å². The summed E-state index contributed by atoms with van der Waals surface area (Å²) in [6.07, 6.45) is -1.41. The molecule has 0 aliphatic carbocycles. The van der Waals surface area contributed by atoms with Crippen LogP contribution in [0.3, 0.4) is 0 Å². The number of aromatic nitrogens is 4. The highest BCUT2D eigenvalue weighted by Crippen LogP contribution is 2.35. The molecule has 29 heavy (non-hydrogen) atoms. The van der Waals surface area contributed by atoms with Crippen molar-refractivity contribution >= 4 is 22.8 Å². The van der Waals surface area contributed by atoms with Crippen LogP contribution in [0.5, 0.6) is 0 Å². The molecule has 0 unspecified atom stereocenters. The molecular weight excluding hydrogens is 404 g/mol. The van der Waals surface area contributed by atoms with Gasteiger partial charge in [-0.1, -0.05) is 17.8 Å². The molecule has 148 valence electrons. The molecule has 0 radical (unpaired) electrons. The predicted molar refractivity (Wildman–Crippen MR) is 104 cm³/mol. The van der Waals surface area contributed by atoms with Gasteiger partial charge >= 0.3 is 6.18 Å². The van der Waals surface area contributed by atoms with Crippen molar-refractivity contribution in [2.24, 2.45) is 0 Å². The Hall–Kier alpha value is -2.94. The van der Waals surface area contributed by atoms with E-state index in [1.165, 1.54) is 17.8 Å². The lowest BCUT2D eigenvalue weighted by Crippen LogP contribution is -2.09. The maximum atomic E-state index is 13.8. The Kier molecular flexibility index (Phi) is 4.77. The summed E-state index contributed by atoms with van der Waals surface area (Å²) < 4.78 is 55.2. The van der Waals surface area contributed by atoms with E-state index in [-0.39, 0.29) is 11.4 Å². The Bertz CT molecular complexity index is 1220. The zero-order valence-electron chi connectivity index (χ0n) is 15.3. The van der Waals surface area contributed by atoms with E-state index in [4.69, 9.17) is 0 Å². The van der Waals surface area contributed by atoms with Crippen LogP contribution >= 0.6 is 11.8 Å². The molecule has 0 aliphatic heterocycles. The third-order valence-electron chi connectivity index (χ3n) is 4.37. The highest BCUT2D eigenvalue weighted by atomic mass is 32.2. The van der Waals surface area contributed by atoms with Crippen LogP contribution in [0.15, 0.2) is 53.8 Å². The quantitative estimate of drug-likeness (QED) is 0.244. The van der Waals surface area contributed by atoms with Gasteiger partial charge in [0.25, 0.3) is 0 Å². The first-order chi connectivity index (χ1) is 13.8. The van der Waals surface area contributed by atoms with Crippen molar-refractivity contribution in [3.05, 3.63) is 65.6 Å². The van der Waals surface area contributed by atoms with E-state index in [0.29, 0.717) is 22.0 Å². The van der Waals surface area contributed by atoms with Crippen LogP contribution < -0.4 is 0 Å². The number of aryl methyl sites for hydroxylation is 1. The molecule has 9 heteroatoms. The molecule has 0 fully saturated rings. The van der Waals surface area contributed by atoms with Gasteiger partial charge in [-0.15, -0.1) is 0 Å². The normalized spacial score (nSPS) is 11.9. The largest absolute Gasteiger partial charge is 0.419 e. The number of hydrogen-bond acceptors (Lipinski definition) is 4. The van der Waals surface area contributed by atoms with Gasteiger partial charge < -0.3 is 0 Å². The molecule has 0 saturated heterocycles. The van der Waals surface area contributed by atoms with Gasteiger partial charge in [-0.05, 0) is 55.1 Å². The van der Waals surface area contributed by atoms with Crippen molar-refractivity contribution in [3.8, 4) is 17.2 Å². The van der Waals surface area contributed by atoms with Crippen LogP contribution in [0.2, 0.25) is 0 Å². The molecule has 0 N–H and O–H groups in total. The van der Waals surface area contributed by atoms with Crippen LogP contribution in [0.1, 0.15) is 11.1 Å². The van der Waals surface area contributed by atoms with Crippen LogP contribution in [-0.2, 0) is 6.18 Å². The monoisotopic (exact) mass is 418 g/mol. The summed E-state index contributed by atoms with van der Waals surface area (Å²) in [4.78, 5) is 13.1. The van der Waals surface area contributed by atoms with Crippen LogP contribution in [0.25, 0.3) is 28.2 Å². The van der Waals surface area contributed by atoms with E-state index in [2.05, 4.69) is 15.0 Å². The molecule has 2 heterocycles. The number of imidazole rings is 1. The van der Waals surface area contributed by atoms with E-state index >= 15 is 0 Å². The molecule has 4 aromatic rings. The fourth-order valence-corrected chi connectivity index (χ4v) is 3.40. The Morgan fingerprint density at radius 2 is 1.79 bits per heavy atom. The number of alkyl halides is 3. The molecule has 4 rings (SSSR count). The summed E-state index contributed by atoms with van der Waals surface area (Å²) in [6.45, 7) is 1.91. The van der Waals surface area contributed by atoms with Gasteiger partial charge in [-0.25, -0.2) is 19.3 Å². The van der Waals surface area contributed by atoms with Crippen molar-refractivity contribution in [1.29, 1.82) is 0 Å². The Morgan fingerprint density at radius 3 is 2.52 bits per heavy atom. The maximum Gasteiger partial charge on any atom is 0.419 e. The minimum Gasteiger partial charge on any atom is -0.276 e. The fourth-order valence-electron chi connectivity index (χ4n) is 3.05. The summed E-state index contributed by atoms with van der Waals surface area (Å²) in [5, 5.41) is 0.512. The number of benzene rings is 2. The maximum absolute atomic E-state index is 13.8. The highest BCUT2D eigenvalue weighted by molar-refractivity contribution is 7.98. The average Bonchev–Trinajstić information content (AvgIpc) is 3.06. The molecule has 4 nitrogen and oxygen atoms in total. The van der Waals surface area contributed by atoms with Gasteiger partial charge in [0.05, 0.1) is 16.6 Å². The first-order valence-corrected chi connectivity index (χ1v) is 9.74. The lowest BCUT2D eigenvalue weighted by Gasteiger charge is -2.12. The molecule has 2 aromatic carbocycles. The van der Waals surface area contributed by atoms with Crippen molar-refractivity contribution in [2.45, 2.75) is 18.3 Å². The van der Waals surface area contributed by atoms with Gasteiger partial charge in [-0.3, -0.25) is 4.57 Å². The fraction of sp³-hybridized carbons (Fsp3) is 0.150. The first kappa shape index (κ1) is 19.4. The third-order valence-corrected chi connectivity index (χ3v) is 4.93. The zero-order valence-corrected chi connectivity index (χ0v) is 16.1. The molecule has 0 amide bonds. The highest BCUT2D eigenvalue weighted by Gasteiger charge is 2.34. The van der Waals surface area contributed by atoms with E-state index in [1.807, 2.05) is 25.3 Å². The number of halogens is 4. The van der Waals surface area contributed by atoms with Gasteiger partial charge in [0, 0.05) is 11.8 Å². The summed E-state index contributed by atoms with van der Waals surface area (Å²) in [7, 11) is 0. The minimum absolute atomic E-state index is 0.136. The minimum atomic E-state index is -4.81. The molecule has 0 spiro atoms. The Labute approximate surface area is 167 Å². The molecule has 0 atom stereocenters. The zero-order chi connectivity index (χ0) is 20.8. The lowest BCUT2D eigenvalue weighted by molar-refractivity contribution is -0.139. The van der Waals surface area contributed by atoms with Crippen LogP contribution in [0, 0.1) is 12.7 Å². The molecule has 2 aromatic heterocycles. The second-order valence-electron chi connectivity index (χ2n) is 6.36. The average molecular weight is 418 g/mol. The lowest BCUT2D eigenvalue weighted by atomic mass is 10.1. The molecule has 0 saturated carbocycles. The van der Waals surface area contributed by atoms with Crippen molar-refractivity contribution < 1.29 is 17.6 Å². The predicted octanol–water partition coefficient (Wildman–Crippen LogP) is 5.67. The van der Waals surface area contributed by atoms with E-state index in [0.717, 1.165) is 17.7 Å². The van der Waals surface area contributed by atoms with Gasteiger partial charge in [0.2, 0.25) is 0 Å². The van der Waals surface area contributed by atoms with E-state index < -0.39 is 17.6 Å². The van der Waals surface area contributed by atoms with Crippen molar-refractivity contribution in [2.75, 3.05) is 6.26 Å². The summed E-state index contributed by atoms with van der Waals surface area (Å²) in [5.74, 6) is -0.626. The van der Waals surface area contributed by atoms with Gasteiger partial charge in [-0.2, -0.15) is 13.2 Å².